The minimum Gasteiger partial charge on any atom is -0.489 e. The SMILES string of the molecule is CO[N+](=O)c1ccc(COc2cc(OCc3cccc(-c4ccccc4)c3C)ccc2CNCCNC(C)=O)cc1. The van der Waals surface area contributed by atoms with Gasteiger partial charge in [0.2, 0.25) is 5.91 Å². The fourth-order valence-electron chi connectivity index (χ4n) is 4.37. The van der Waals surface area contributed by atoms with Crippen LogP contribution in [0.4, 0.5) is 5.69 Å². The molecule has 0 heterocycles. The standard InChI is InChI=1S/C33H35N3O5/c1-24-29(10-7-11-32(24)27-8-5-4-6-9-27)23-40-31-17-14-28(21-34-18-19-35-25(2)37)33(20-31)41-22-26-12-15-30(16-13-26)36(38)39-3/h4-17,20,34H,18-19,21-23H2,1-3H3/p+1. The lowest BCUT2D eigenvalue weighted by atomic mass is 9.97. The molecule has 41 heavy (non-hydrogen) atoms. The molecule has 4 rings (SSSR count). The van der Waals surface area contributed by atoms with Crippen molar-refractivity contribution in [3.63, 3.8) is 0 Å². The van der Waals surface area contributed by atoms with Gasteiger partial charge in [0.25, 0.3) is 4.92 Å². The molecule has 1 amide bonds. The zero-order chi connectivity index (χ0) is 29.0. The van der Waals surface area contributed by atoms with E-state index in [-0.39, 0.29) is 5.91 Å². The Labute approximate surface area is 240 Å². The Bertz CT molecular complexity index is 1460. The van der Waals surface area contributed by atoms with Gasteiger partial charge in [0.15, 0.2) is 7.11 Å². The van der Waals surface area contributed by atoms with Crippen molar-refractivity contribution >= 4 is 11.6 Å². The van der Waals surface area contributed by atoms with Crippen LogP contribution in [0.3, 0.4) is 0 Å². The molecule has 0 unspecified atom stereocenters. The maximum Gasteiger partial charge on any atom is 0.316 e. The van der Waals surface area contributed by atoms with E-state index in [0.29, 0.717) is 55.0 Å². The number of rotatable bonds is 14. The molecule has 0 bridgehead atoms. The summed E-state index contributed by atoms with van der Waals surface area (Å²) < 4.78 is 12.5. The van der Waals surface area contributed by atoms with Crippen molar-refractivity contribution in [1.29, 1.82) is 0 Å². The molecule has 4 aromatic rings. The van der Waals surface area contributed by atoms with Gasteiger partial charge in [-0.2, -0.15) is 0 Å². The fraction of sp³-hybridized carbons (Fsp3) is 0.242. The van der Waals surface area contributed by atoms with Gasteiger partial charge in [0.1, 0.15) is 24.7 Å². The Hall–Kier alpha value is -4.69. The van der Waals surface area contributed by atoms with Gasteiger partial charge in [-0.1, -0.05) is 54.6 Å². The largest absolute Gasteiger partial charge is 0.489 e. The highest BCUT2D eigenvalue weighted by molar-refractivity contribution is 5.72. The summed E-state index contributed by atoms with van der Waals surface area (Å²) in [6, 6.07) is 29.5. The summed E-state index contributed by atoms with van der Waals surface area (Å²) in [5.74, 6) is 1.33. The van der Waals surface area contributed by atoms with Gasteiger partial charge < -0.3 is 20.1 Å². The van der Waals surface area contributed by atoms with Crippen LogP contribution in [0.2, 0.25) is 0 Å². The molecule has 0 saturated heterocycles. The molecule has 0 atom stereocenters. The van der Waals surface area contributed by atoms with Crippen molar-refractivity contribution < 1.29 is 24.0 Å². The maximum absolute atomic E-state index is 11.7. The predicted octanol–water partition coefficient (Wildman–Crippen LogP) is 6.02. The van der Waals surface area contributed by atoms with Gasteiger partial charge >= 0.3 is 5.69 Å². The van der Waals surface area contributed by atoms with Gasteiger partial charge in [0, 0.05) is 50.3 Å². The van der Waals surface area contributed by atoms with Crippen molar-refractivity contribution in [2.45, 2.75) is 33.6 Å². The van der Waals surface area contributed by atoms with E-state index in [1.54, 1.807) is 12.1 Å². The van der Waals surface area contributed by atoms with Crippen LogP contribution in [0, 0.1) is 11.8 Å². The molecule has 0 aliphatic rings. The molecular weight excluding hydrogens is 518 g/mol. The van der Waals surface area contributed by atoms with Crippen LogP contribution in [0.25, 0.3) is 11.1 Å². The molecule has 0 aliphatic carbocycles. The zero-order valence-electron chi connectivity index (χ0n) is 23.7. The molecule has 0 spiro atoms. The monoisotopic (exact) mass is 554 g/mol. The average molecular weight is 555 g/mol. The molecule has 212 valence electrons. The number of nitrogens with one attached hydrogen (secondary N) is 2. The quantitative estimate of drug-likeness (QED) is 0.146. The van der Waals surface area contributed by atoms with Gasteiger partial charge in [0.05, 0.1) is 4.91 Å². The fourth-order valence-corrected chi connectivity index (χ4v) is 4.37. The lowest BCUT2D eigenvalue weighted by Crippen LogP contribution is -2.30. The van der Waals surface area contributed by atoms with Crippen LogP contribution in [-0.4, -0.2) is 31.0 Å². The summed E-state index contributed by atoms with van der Waals surface area (Å²) in [6.07, 6.45) is 0. The highest BCUT2D eigenvalue weighted by Crippen LogP contribution is 2.29. The van der Waals surface area contributed by atoms with Crippen molar-refractivity contribution in [3.05, 3.63) is 118 Å². The van der Waals surface area contributed by atoms with Crippen molar-refractivity contribution in [2.24, 2.45) is 0 Å². The molecule has 0 fully saturated rings. The number of hydrogen-bond donors (Lipinski definition) is 2. The summed E-state index contributed by atoms with van der Waals surface area (Å²) in [6.45, 7) is 6.08. The third-order valence-corrected chi connectivity index (χ3v) is 6.66. The van der Waals surface area contributed by atoms with Crippen LogP contribution >= 0.6 is 0 Å². The molecular formula is C33H36N3O5+. The topological polar surface area (TPSA) is 88.9 Å². The Kier molecular flexibility index (Phi) is 10.5. The zero-order valence-corrected chi connectivity index (χ0v) is 23.7. The van der Waals surface area contributed by atoms with Gasteiger partial charge in [-0.15, -0.1) is 0 Å². The second-order valence-corrected chi connectivity index (χ2v) is 9.57. The Balaban J connectivity index is 1.47. The molecule has 0 saturated carbocycles. The van der Waals surface area contributed by atoms with E-state index in [0.717, 1.165) is 16.7 Å². The molecule has 4 aromatic carbocycles. The van der Waals surface area contributed by atoms with Crippen molar-refractivity contribution in [1.82, 2.24) is 10.6 Å². The van der Waals surface area contributed by atoms with E-state index in [1.165, 1.54) is 30.7 Å². The van der Waals surface area contributed by atoms with E-state index < -0.39 is 0 Å². The highest BCUT2D eigenvalue weighted by atomic mass is 16.8. The number of nitrogens with zero attached hydrogens (tertiary/aromatic N) is 1. The normalized spacial score (nSPS) is 10.6. The number of carbonyl (C=O) groups is 1. The first-order valence-corrected chi connectivity index (χ1v) is 13.5. The van der Waals surface area contributed by atoms with Crippen LogP contribution in [-0.2, 0) is 29.4 Å². The molecule has 8 heteroatoms. The summed E-state index contributed by atoms with van der Waals surface area (Å²) in [5, 5.41) is 6.12. The summed E-state index contributed by atoms with van der Waals surface area (Å²) >= 11 is 0. The number of carbonyl (C=O) groups excluding carboxylic acids is 1. The number of ether oxygens (including phenoxy) is 2. The lowest BCUT2D eigenvalue weighted by Gasteiger charge is -2.16. The van der Waals surface area contributed by atoms with Crippen molar-refractivity contribution in [3.8, 4) is 22.6 Å². The Morgan fingerprint density at radius 2 is 1.61 bits per heavy atom. The third-order valence-electron chi connectivity index (χ3n) is 6.66. The molecule has 0 aromatic heterocycles. The minimum absolute atomic E-state index is 0.0570. The molecule has 0 radical (unpaired) electrons. The van der Waals surface area contributed by atoms with Crippen LogP contribution in [0.1, 0.15) is 29.2 Å². The Morgan fingerprint density at radius 3 is 2.34 bits per heavy atom. The number of hydrogen-bond acceptors (Lipinski definition) is 6. The van der Waals surface area contributed by atoms with Crippen LogP contribution in [0.15, 0.2) is 91.0 Å². The number of amides is 1. The average Bonchev–Trinajstić information content (AvgIpc) is 3.00. The first-order valence-electron chi connectivity index (χ1n) is 13.5. The highest BCUT2D eigenvalue weighted by Gasteiger charge is 2.14. The summed E-state index contributed by atoms with van der Waals surface area (Å²) in [7, 11) is 1.33. The smallest absolute Gasteiger partial charge is 0.316 e. The van der Waals surface area contributed by atoms with Gasteiger partial charge in [-0.05, 0) is 52.9 Å². The third kappa shape index (κ3) is 8.40. The van der Waals surface area contributed by atoms with Gasteiger partial charge in [-0.3, -0.25) is 4.79 Å². The summed E-state index contributed by atoms with van der Waals surface area (Å²) in [4.78, 5) is 28.0. The van der Waals surface area contributed by atoms with Crippen molar-refractivity contribution in [2.75, 3.05) is 20.2 Å². The second-order valence-electron chi connectivity index (χ2n) is 9.57. The van der Waals surface area contributed by atoms with Crippen LogP contribution in [0.5, 0.6) is 11.5 Å². The van der Waals surface area contributed by atoms with E-state index in [1.807, 2.05) is 48.5 Å². The van der Waals surface area contributed by atoms with Gasteiger partial charge in [-0.25, -0.2) is 4.84 Å². The minimum atomic E-state index is -0.0570. The lowest BCUT2D eigenvalue weighted by molar-refractivity contribution is -0.736. The van der Waals surface area contributed by atoms with E-state index >= 15 is 0 Å². The first kappa shape index (κ1) is 29.3. The molecule has 0 aliphatic heterocycles. The van der Waals surface area contributed by atoms with E-state index in [2.05, 4.69) is 47.9 Å². The van der Waals surface area contributed by atoms with Crippen LogP contribution < -0.4 is 20.1 Å². The molecule has 8 nitrogen and oxygen atoms in total. The van der Waals surface area contributed by atoms with E-state index in [9.17, 15) is 9.70 Å². The maximum atomic E-state index is 11.7. The first-order chi connectivity index (χ1) is 19.9. The molecule has 2 N–H and O–H groups in total. The van der Waals surface area contributed by atoms with E-state index in [4.69, 9.17) is 14.3 Å². The second kappa shape index (κ2) is 14.6. The number of benzene rings is 4. The summed E-state index contributed by atoms with van der Waals surface area (Å²) in [5.41, 5.74) is 6.93. The Morgan fingerprint density at radius 1 is 0.829 bits per heavy atom. The predicted molar refractivity (Wildman–Crippen MR) is 159 cm³/mol.